The third kappa shape index (κ3) is 4.01. The van der Waals surface area contributed by atoms with Crippen LogP contribution in [0.15, 0.2) is 24.3 Å². The third-order valence-electron chi connectivity index (χ3n) is 2.71. The lowest BCUT2D eigenvalue weighted by atomic mass is 10.2. The summed E-state index contributed by atoms with van der Waals surface area (Å²) in [6.07, 6.45) is -0.578. The summed E-state index contributed by atoms with van der Waals surface area (Å²) in [5.41, 5.74) is 7.58. The molecule has 5 heteroatoms. The number of hydrogen-bond acceptors (Lipinski definition) is 4. The molecule has 0 heterocycles. The minimum absolute atomic E-state index is 0.182. The highest BCUT2D eigenvalue weighted by molar-refractivity contribution is 5.80. The van der Waals surface area contributed by atoms with Crippen LogP contribution in [0.2, 0.25) is 0 Å². The lowest BCUT2D eigenvalue weighted by Gasteiger charge is -2.14. The van der Waals surface area contributed by atoms with Crippen LogP contribution in [0.1, 0.15) is 5.56 Å². The molecule has 0 aliphatic rings. The second-order valence-electron chi connectivity index (χ2n) is 4.24. The van der Waals surface area contributed by atoms with Gasteiger partial charge in [0.1, 0.15) is 6.10 Å². The average molecular weight is 251 g/mol. The molecule has 5 nitrogen and oxygen atoms in total. The average Bonchev–Trinajstić information content (AvgIpc) is 2.38. The van der Waals surface area contributed by atoms with Gasteiger partial charge in [-0.2, -0.15) is 0 Å². The number of nitrogens with two attached hydrogens (primary N) is 1. The van der Waals surface area contributed by atoms with E-state index >= 15 is 0 Å². The summed E-state index contributed by atoms with van der Waals surface area (Å²) in [6, 6.07) is 8.00. The maximum Gasteiger partial charge on any atom is 0.250 e. The molecule has 18 heavy (non-hydrogen) atoms. The van der Waals surface area contributed by atoms with Gasteiger partial charge in [0.05, 0.1) is 0 Å². The zero-order valence-corrected chi connectivity index (χ0v) is 11.1. The molecule has 0 aliphatic carbocycles. The van der Waals surface area contributed by atoms with Crippen LogP contribution < -0.4 is 16.0 Å². The van der Waals surface area contributed by atoms with Crippen LogP contribution in [0.5, 0.6) is 0 Å². The SMILES string of the molecule is COC(CN)C(=O)NCc1ccc(N(C)C)cc1. The predicted octanol–water partition coefficient (Wildman–Crippen LogP) is 0.343. The van der Waals surface area contributed by atoms with Crippen molar-refractivity contribution in [1.82, 2.24) is 5.32 Å². The monoisotopic (exact) mass is 251 g/mol. The molecule has 1 amide bonds. The van der Waals surface area contributed by atoms with Crippen molar-refractivity contribution in [3.05, 3.63) is 29.8 Å². The van der Waals surface area contributed by atoms with Gasteiger partial charge in [0, 0.05) is 40.0 Å². The number of nitrogens with zero attached hydrogens (tertiary/aromatic N) is 1. The molecule has 0 fully saturated rings. The van der Waals surface area contributed by atoms with Gasteiger partial charge in [-0.25, -0.2) is 0 Å². The van der Waals surface area contributed by atoms with Gasteiger partial charge in [-0.1, -0.05) is 12.1 Å². The first-order valence-corrected chi connectivity index (χ1v) is 5.85. The van der Waals surface area contributed by atoms with Crippen molar-refractivity contribution in [3.8, 4) is 0 Å². The van der Waals surface area contributed by atoms with Crippen molar-refractivity contribution >= 4 is 11.6 Å². The fourth-order valence-electron chi connectivity index (χ4n) is 1.53. The van der Waals surface area contributed by atoms with E-state index in [1.807, 2.05) is 43.3 Å². The molecule has 0 saturated carbocycles. The van der Waals surface area contributed by atoms with E-state index in [1.165, 1.54) is 7.11 Å². The molecule has 0 spiro atoms. The fraction of sp³-hybridized carbons (Fsp3) is 0.462. The van der Waals surface area contributed by atoms with Crippen molar-refractivity contribution in [2.24, 2.45) is 5.73 Å². The molecule has 0 bridgehead atoms. The Labute approximate surface area is 108 Å². The lowest BCUT2D eigenvalue weighted by molar-refractivity contribution is -0.130. The zero-order chi connectivity index (χ0) is 13.5. The predicted molar refractivity (Wildman–Crippen MR) is 72.5 cm³/mol. The topological polar surface area (TPSA) is 67.6 Å². The largest absolute Gasteiger partial charge is 0.378 e. The summed E-state index contributed by atoms with van der Waals surface area (Å²) in [7, 11) is 5.45. The smallest absolute Gasteiger partial charge is 0.250 e. The van der Waals surface area contributed by atoms with Crippen molar-refractivity contribution < 1.29 is 9.53 Å². The van der Waals surface area contributed by atoms with E-state index in [-0.39, 0.29) is 12.5 Å². The Morgan fingerprint density at radius 1 is 1.39 bits per heavy atom. The molecule has 1 aromatic carbocycles. The van der Waals surface area contributed by atoms with E-state index in [9.17, 15) is 4.79 Å². The molecule has 3 N–H and O–H groups in total. The van der Waals surface area contributed by atoms with E-state index in [2.05, 4.69) is 5.32 Å². The van der Waals surface area contributed by atoms with Gasteiger partial charge in [0.2, 0.25) is 0 Å². The Balaban J connectivity index is 2.51. The van der Waals surface area contributed by atoms with Crippen LogP contribution in [0.4, 0.5) is 5.69 Å². The Morgan fingerprint density at radius 3 is 2.44 bits per heavy atom. The highest BCUT2D eigenvalue weighted by Gasteiger charge is 2.14. The number of ether oxygens (including phenoxy) is 1. The van der Waals surface area contributed by atoms with Crippen LogP contribution >= 0.6 is 0 Å². The summed E-state index contributed by atoms with van der Waals surface area (Å²) in [4.78, 5) is 13.7. The van der Waals surface area contributed by atoms with Crippen LogP contribution in [0.25, 0.3) is 0 Å². The van der Waals surface area contributed by atoms with Gasteiger partial charge in [-0.05, 0) is 17.7 Å². The Bertz CT molecular complexity index is 372. The number of carbonyl (C=O) groups is 1. The molecular weight excluding hydrogens is 230 g/mol. The third-order valence-corrected chi connectivity index (χ3v) is 2.71. The Kier molecular flexibility index (Phi) is 5.61. The highest BCUT2D eigenvalue weighted by atomic mass is 16.5. The van der Waals surface area contributed by atoms with Crippen molar-refractivity contribution in [1.29, 1.82) is 0 Å². The first-order chi connectivity index (χ1) is 8.58. The quantitative estimate of drug-likeness (QED) is 0.765. The summed E-state index contributed by atoms with van der Waals surface area (Å²) in [6.45, 7) is 0.661. The van der Waals surface area contributed by atoms with Crippen LogP contribution in [0.3, 0.4) is 0 Å². The van der Waals surface area contributed by atoms with E-state index in [4.69, 9.17) is 10.5 Å². The molecule has 1 unspecified atom stereocenters. The maximum absolute atomic E-state index is 11.6. The summed E-state index contributed by atoms with van der Waals surface area (Å²) >= 11 is 0. The van der Waals surface area contributed by atoms with Crippen LogP contribution in [-0.4, -0.2) is 39.8 Å². The molecule has 0 saturated heterocycles. The second kappa shape index (κ2) is 6.98. The number of amides is 1. The van der Waals surface area contributed by atoms with Gasteiger partial charge in [0.25, 0.3) is 5.91 Å². The molecule has 100 valence electrons. The standard InChI is InChI=1S/C13H21N3O2/c1-16(2)11-6-4-10(5-7-11)9-15-13(17)12(8-14)18-3/h4-7,12H,8-9,14H2,1-3H3,(H,15,17). The van der Waals surface area contributed by atoms with Crippen molar-refractivity contribution in [2.45, 2.75) is 12.6 Å². The van der Waals surface area contributed by atoms with E-state index in [0.29, 0.717) is 6.54 Å². The number of carbonyl (C=O) groups excluding carboxylic acids is 1. The van der Waals surface area contributed by atoms with E-state index < -0.39 is 6.10 Å². The zero-order valence-electron chi connectivity index (χ0n) is 11.1. The fourth-order valence-corrected chi connectivity index (χ4v) is 1.53. The number of benzene rings is 1. The first kappa shape index (κ1) is 14.5. The number of nitrogens with one attached hydrogen (secondary N) is 1. The van der Waals surface area contributed by atoms with Crippen LogP contribution in [-0.2, 0) is 16.1 Å². The van der Waals surface area contributed by atoms with E-state index in [1.54, 1.807) is 0 Å². The highest BCUT2D eigenvalue weighted by Crippen LogP contribution is 2.11. The minimum atomic E-state index is -0.578. The molecule has 0 aromatic heterocycles. The normalized spacial score (nSPS) is 12.0. The summed E-state index contributed by atoms with van der Waals surface area (Å²) in [5, 5.41) is 2.79. The van der Waals surface area contributed by atoms with Gasteiger partial charge < -0.3 is 20.7 Å². The van der Waals surface area contributed by atoms with Gasteiger partial charge in [0.15, 0.2) is 0 Å². The minimum Gasteiger partial charge on any atom is -0.378 e. The molecule has 1 aromatic rings. The number of methoxy groups -OCH3 is 1. The number of anilines is 1. The molecule has 0 radical (unpaired) electrons. The van der Waals surface area contributed by atoms with Crippen molar-refractivity contribution in [2.75, 3.05) is 32.6 Å². The number of hydrogen-bond donors (Lipinski definition) is 2. The van der Waals surface area contributed by atoms with Gasteiger partial charge >= 0.3 is 0 Å². The Hall–Kier alpha value is -1.59. The number of rotatable bonds is 6. The van der Waals surface area contributed by atoms with Crippen molar-refractivity contribution in [3.63, 3.8) is 0 Å². The van der Waals surface area contributed by atoms with E-state index in [0.717, 1.165) is 11.3 Å². The maximum atomic E-state index is 11.6. The summed E-state index contributed by atoms with van der Waals surface area (Å²) < 4.78 is 4.96. The van der Waals surface area contributed by atoms with Gasteiger partial charge in [-0.3, -0.25) is 4.79 Å². The summed E-state index contributed by atoms with van der Waals surface area (Å²) in [5.74, 6) is -0.184. The molecular formula is C13H21N3O2. The molecule has 1 atom stereocenters. The Morgan fingerprint density at radius 2 is 2.00 bits per heavy atom. The van der Waals surface area contributed by atoms with Gasteiger partial charge in [-0.15, -0.1) is 0 Å². The second-order valence-corrected chi connectivity index (χ2v) is 4.24. The molecule has 1 rings (SSSR count). The lowest BCUT2D eigenvalue weighted by Crippen LogP contribution is -2.40. The molecule has 0 aliphatic heterocycles. The first-order valence-electron chi connectivity index (χ1n) is 5.85. The van der Waals surface area contributed by atoms with Crippen LogP contribution in [0, 0.1) is 0 Å².